The third-order valence-electron chi connectivity index (χ3n) is 5.83. The summed E-state index contributed by atoms with van der Waals surface area (Å²) in [4.78, 5) is 23.3. The van der Waals surface area contributed by atoms with Gasteiger partial charge in [-0.15, -0.1) is 0 Å². The zero-order valence-corrected chi connectivity index (χ0v) is 26.3. The van der Waals surface area contributed by atoms with Crippen molar-refractivity contribution in [3.05, 3.63) is 57.8 Å². The highest BCUT2D eigenvalue weighted by molar-refractivity contribution is 6.71. The highest BCUT2D eigenvalue weighted by Gasteiger charge is 2.30. The van der Waals surface area contributed by atoms with E-state index in [0.717, 1.165) is 23.7 Å². The minimum Gasteiger partial charge on any atom is -0.413 e. The molecule has 0 aliphatic heterocycles. The lowest BCUT2D eigenvalue weighted by Crippen LogP contribution is -2.43. The molecule has 3 rings (SSSR count). The molecule has 7 nitrogen and oxygen atoms in total. The lowest BCUT2D eigenvalue weighted by atomic mass is 10.1. The second kappa shape index (κ2) is 12.9. The molecule has 3 aromatic rings. The second-order valence-electron chi connectivity index (χ2n) is 11.0. The molecule has 0 aliphatic rings. The van der Waals surface area contributed by atoms with Gasteiger partial charge in [0.1, 0.15) is 22.2 Å². The molecule has 0 bridgehead atoms. The molecule has 38 heavy (non-hydrogen) atoms. The Hall–Kier alpha value is -1.97. The largest absolute Gasteiger partial charge is 0.413 e. The van der Waals surface area contributed by atoms with Crippen molar-refractivity contribution >= 4 is 54.7 Å². The van der Waals surface area contributed by atoms with Gasteiger partial charge in [-0.3, -0.25) is 9.48 Å². The van der Waals surface area contributed by atoms with Gasteiger partial charge < -0.3 is 9.33 Å². The maximum absolute atomic E-state index is 13.8. The standard InChI is InChI=1S/C27H36Cl3N5O2Si/c1-17(2)12-34-14-20(11-33-34)22-9-8-21(10-23(22)28)35(13-19(5)37-38(6,7)15-18(3)4)27(36)24-25(29)31-16-32-26(24)30/h8-11,14,16-19H,12-13,15H2,1-7H3/t19-/m1/s1. The molecule has 1 amide bonds. The lowest BCUT2D eigenvalue weighted by molar-refractivity contribution is 0.0970. The van der Waals surface area contributed by atoms with Gasteiger partial charge in [-0.25, -0.2) is 9.97 Å². The van der Waals surface area contributed by atoms with Crippen molar-refractivity contribution in [3.63, 3.8) is 0 Å². The smallest absolute Gasteiger partial charge is 0.264 e. The molecule has 0 fully saturated rings. The van der Waals surface area contributed by atoms with E-state index in [4.69, 9.17) is 39.2 Å². The monoisotopic (exact) mass is 595 g/mol. The van der Waals surface area contributed by atoms with Crippen molar-refractivity contribution in [1.29, 1.82) is 0 Å². The van der Waals surface area contributed by atoms with Crippen LogP contribution < -0.4 is 4.90 Å². The molecule has 0 aliphatic carbocycles. The van der Waals surface area contributed by atoms with Crippen LogP contribution >= 0.6 is 34.8 Å². The first kappa shape index (κ1) is 30.6. The number of nitrogens with zero attached hydrogens (tertiary/aromatic N) is 5. The summed E-state index contributed by atoms with van der Waals surface area (Å²) in [5.41, 5.74) is 2.36. The Balaban J connectivity index is 1.96. The van der Waals surface area contributed by atoms with E-state index in [9.17, 15) is 4.79 Å². The molecule has 1 aromatic carbocycles. The molecule has 2 heterocycles. The van der Waals surface area contributed by atoms with Crippen LogP contribution in [0.5, 0.6) is 0 Å². The molecule has 11 heteroatoms. The molecule has 0 saturated carbocycles. The minimum absolute atomic E-state index is 0.0108. The van der Waals surface area contributed by atoms with Gasteiger partial charge in [0.2, 0.25) is 0 Å². The molecule has 0 N–H and O–H groups in total. The maximum Gasteiger partial charge on any atom is 0.264 e. The van der Waals surface area contributed by atoms with Gasteiger partial charge in [0.25, 0.3) is 5.91 Å². The zero-order chi connectivity index (χ0) is 28.2. The van der Waals surface area contributed by atoms with Crippen LogP contribution in [0.3, 0.4) is 0 Å². The molecule has 0 spiro atoms. The Morgan fingerprint density at radius 1 is 1.05 bits per heavy atom. The molecular weight excluding hydrogens is 561 g/mol. The van der Waals surface area contributed by atoms with Crippen molar-refractivity contribution in [2.45, 2.75) is 66.4 Å². The van der Waals surface area contributed by atoms with Crippen molar-refractivity contribution in [2.24, 2.45) is 11.8 Å². The van der Waals surface area contributed by atoms with Crippen LogP contribution in [0.1, 0.15) is 45.0 Å². The number of carbonyl (C=O) groups is 1. The highest BCUT2D eigenvalue weighted by atomic mass is 35.5. The van der Waals surface area contributed by atoms with Crippen molar-refractivity contribution in [1.82, 2.24) is 19.7 Å². The second-order valence-corrected chi connectivity index (χ2v) is 16.3. The summed E-state index contributed by atoms with van der Waals surface area (Å²) in [6.07, 6.45) is 4.75. The predicted octanol–water partition coefficient (Wildman–Crippen LogP) is 7.87. The average molecular weight is 597 g/mol. The van der Waals surface area contributed by atoms with Gasteiger partial charge in [-0.1, -0.05) is 68.6 Å². The fourth-order valence-corrected chi connectivity index (χ4v) is 8.70. The fraction of sp³-hybridized carbons (Fsp3) is 0.481. The Morgan fingerprint density at radius 3 is 2.29 bits per heavy atom. The van der Waals surface area contributed by atoms with Crippen LogP contribution in [0.2, 0.25) is 34.5 Å². The number of hydrogen-bond acceptors (Lipinski definition) is 5. The fourth-order valence-electron chi connectivity index (χ4n) is 4.71. The van der Waals surface area contributed by atoms with Crippen molar-refractivity contribution in [2.75, 3.05) is 11.4 Å². The van der Waals surface area contributed by atoms with Gasteiger partial charge in [0, 0.05) is 29.6 Å². The molecule has 0 radical (unpaired) electrons. The van der Waals surface area contributed by atoms with E-state index < -0.39 is 14.2 Å². The first-order chi connectivity index (χ1) is 17.8. The molecular formula is C27H36Cl3N5O2Si. The third-order valence-corrected chi connectivity index (χ3v) is 9.56. The first-order valence-corrected chi connectivity index (χ1v) is 17.0. The highest BCUT2D eigenvalue weighted by Crippen LogP contribution is 2.33. The lowest BCUT2D eigenvalue weighted by Gasteiger charge is -2.32. The SMILES string of the molecule is CC(C)Cn1cc(-c2ccc(N(C[C@@H](C)O[Si](C)(C)CC(C)C)C(=O)c3c(Cl)ncnc3Cl)cc2Cl)cn1. The summed E-state index contributed by atoms with van der Waals surface area (Å²) in [5, 5.41) is 4.92. The Bertz CT molecular complexity index is 1250. The number of benzene rings is 1. The van der Waals surface area contributed by atoms with E-state index in [1.165, 1.54) is 6.33 Å². The van der Waals surface area contributed by atoms with Gasteiger partial charge >= 0.3 is 0 Å². The van der Waals surface area contributed by atoms with E-state index in [1.54, 1.807) is 17.2 Å². The first-order valence-electron chi connectivity index (χ1n) is 12.8. The summed E-state index contributed by atoms with van der Waals surface area (Å²) in [7, 11) is -1.96. The van der Waals surface area contributed by atoms with Gasteiger partial charge in [0.15, 0.2) is 8.32 Å². The Labute approximate surface area is 241 Å². The van der Waals surface area contributed by atoms with Crippen LogP contribution in [0.15, 0.2) is 36.9 Å². The van der Waals surface area contributed by atoms with E-state index in [-0.39, 0.29) is 28.5 Å². The van der Waals surface area contributed by atoms with E-state index in [0.29, 0.717) is 22.5 Å². The number of aromatic nitrogens is 4. The molecule has 206 valence electrons. The van der Waals surface area contributed by atoms with Crippen molar-refractivity contribution in [3.8, 4) is 11.1 Å². The summed E-state index contributed by atoms with van der Waals surface area (Å²) in [6, 6.07) is 6.53. The zero-order valence-electron chi connectivity index (χ0n) is 23.0. The summed E-state index contributed by atoms with van der Waals surface area (Å²) in [5.74, 6) is 0.573. The number of rotatable bonds is 11. The number of amides is 1. The minimum atomic E-state index is -1.96. The van der Waals surface area contributed by atoms with Crippen LogP contribution in [-0.2, 0) is 11.0 Å². The third kappa shape index (κ3) is 8.02. The van der Waals surface area contributed by atoms with Gasteiger partial charge in [0.05, 0.1) is 23.9 Å². The Morgan fingerprint density at radius 2 is 1.71 bits per heavy atom. The molecule has 2 aromatic heterocycles. The van der Waals surface area contributed by atoms with Crippen LogP contribution in [0.4, 0.5) is 5.69 Å². The van der Waals surface area contributed by atoms with E-state index in [2.05, 4.69) is 55.9 Å². The summed E-state index contributed by atoms with van der Waals surface area (Å²) in [6.45, 7) is 16.1. The molecule has 1 atom stereocenters. The van der Waals surface area contributed by atoms with Gasteiger partial charge in [-0.2, -0.15) is 5.10 Å². The summed E-state index contributed by atoms with van der Waals surface area (Å²) >= 11 is 19.3. The van der Waals surface area contributed by atoms with E-state index in [1.807, 2.05) is 29.9 Å². The van der Waals surface area contributed by atoms with Gasteiger partial charge in [-0.05, 0) is 50.0 Å². The summed E-state index contributed by atoms with van der Waals surface area (Å²) < 4.78 is 8.41. The quantitative estimate of drug-likeness (QED) is 0.166. The maximum atomic E-state index is 13.8. The normalized spacial score (nSPS) is 12.8. The molecule has 0 unspecified atom stereocenters. The predicted molar refractivity (Wildman–Crippen MR) is 159 cm³/mol. The average Bonchev–Trinajstić information content (AvgIpc) is 3.23. The van der Waals surface area contributed by atoms with Crippen LogP contribution in [0, 0.1) is 11.8 Å². The topological polar surface area (TPSA) is 73.1 Å². The molecule has 0 saturated heterocycles. The van der Waals surface area contributed by atoms with E-state index >= 15 is 0 Å². The van der Waals surface area contributed by atoms with Crippen molar-refractivity contribution < 1.29 is 9.22 Å². The number of halogens is 3. The number of anilines is 1. The van der Waals surface area contributed by atoms with Crippen LogP contribution in [0.25, 0.3) is 11.1 Å². The Kier molecular flexibility index (Phi) is 10.4. The number of hydrogen-bond donors (Lipinski definition) is 0. The van der Waals surface area contributed by atoms with Crippen LogP contribution in [-0.4, -0.2) is 46.6 Å². The number of carbonyl (C=O) groups excluding carboxylic acids is 1.